The summed E-state index contributed by atoms with van der Waals surface area (Å²) in [6, 6.07) is 78.2. The van der Waals surface area contributed by atoms with E-state index in [0.717, 1.165) is 55.3 Å². The first-order valence-corrected chi connectivity index (χ1v) is 21.4. The molecule has 9 aromatic carbocycles. The fourth-order valence-electron chi connectivity index (χ4n) is 8.83. The van der Waals surface area contributed by atoms with E-state index in [1.54, 1.807) is 0 Å². The Hall–Kier alpha value is -7.52. The molecular weight excluding hydrogens is 726 g/mol. The van der Waals surface area contributed by atoms with Gasteiger partial charge in [0.1, 0.15) is 5.82 Å². The van der Waals surface area contributed by atoms with Crippen LogP contribution in [0.2, 0.25) is 0 Å². The number of hydrogen-bond acceptors (Lipinski definition) is 2. The molecule has 0 amide bonds. The first-order valence-electron chi connectivity index (χ1n) is 19.4. The average Bonchev–Trinajstić information content (AvgIpc) is 3.61. The Labute approximate surface area is 337 Å². The fraction of sp³-hybridized carbons (Fsp3) is 0. The van der Waals surface area contributed by atoms with E-state index >= 15 is 0 Å². The second-order valence-electron chi connectivity index (χ2n) is 14.6. The zero-order valence-corrected chi connectivity index (χ0v) is 32.5. The van der Waals surface area contributed by atoms with Crippen LogP contribution in [0, 0.1) is 17.1 Å². The molecule has 0 radical (unpaired) electrons. The van der Waals surface area contributed by atoms with Crippen LogP contribution in [-0.4, -0.2) is 12.6 Å². The van der Waals surface area contributed by atoms with Gasteiger partial charge in [-0.25, -0.2) is 4.39 Å². The summed E-state index contributed by atoms with van der Waals surface area (Å²) in [5.41, 5.74) is 6.51. The third-order valence-electron chi connectivity index (χ3n) is 11.4. The molecule has 0 fully saturated rings. The largest absolute Gasteiger partial charge is 0.310 e. The molecular formula is C53H36FN3Si. The van der Waals surface area contributed by atoms with Crippen LogP contribution in [0.25, 0.3) is 38.3 Å². The molecule has 1 aromatic heterocycles. The van der Waals surface area contributed by atoms with Crippen molar-refractivity contribution in [3.05, 3.63) is 230 Å². The van der Waals surface area contributed by atoms with E-state index in [2.05, 4.69) is 185 Å². The highest BCUT2D eigenvalue weighted by molar-refractivity contribution is 7.20. The van der Waals surface area contributed by atoms with E-state index < -0.39 is 8.07 Å². The first-order chi connectivity index (χ1) is 28.6. The summed E-state index contributed by atoms with van der Waals surface area (Å²) in [6.45, 7) is 0. The number of anilines is 3. The molecule has 0 unspecified atom stereocenters. The molecule has 10 rings (SSSR count). The Bertz CT molecular complexity index is 3020. The molecule has 10 aromatic rings. The monoisotopic (exact) mass is 761 g/mol. The van der Waals surface area contributed by atoms with E-state index in [1.807, 2.05) is 36.4 Å². The van der Waals surface area contributed by atoms with Gasteiger partial charge in [-0.1, -0.05) is 140 Å². The molecule has 0 aliphatic rings. The van der Waals surface area contributed by atoms with E-state index in [4.69, 9.17) is 0 Å². The highest BCUT2D eigenvalue weighted by Gasteiger charge is 2.41. The van der Waals surface area contributed by atoms with Crippen molar-refractivity contribution in [2.75, 3.05) is 4.90 Å². The zero-order valence-electron chi connectivity index (χ0n) is 31.5. The lowest BCUT2D eigenvalue weighted by molar-refractivity contribution is 0.627. The summed E-state index contributed by atoms with van der Waals surface area (Å²) in [5.74, 6) is -0.272. The highest BCUT2D eigenvalue weighted by Crippen LogP contribution is 2.42. The van der Waals surface area contributed by atoms with Crippen LogP contribution in [0.1, 0.15) is 5.56 Å². The van der Waals surface area contributed by atoms with Crippen LogP contribution >= 0.6 is 0 Å². The maximum Gasteiger partial charge on any atom is 0.179 e. The first kappa shape index (κ1) is 34.9. The second-order valence-corrected chi connectivity index (χ2v) is 18.4. The van der Waals surface area contributed by atoms with E-state index in [1.165, 1.54) is 32.9 Å². The number of aromatic nitrogens is 1. The maximum atomic E-state index is 14.4. The highest BCUT2D eigenvalue weighted by atomic mass is 28.3. The molecule has 0 atom stereocenters. The Morgan fingerprint density at radius 3 is 1.60 bits per heavy atom. The Morgan fingerprint density at radius 2 is 0.983 bits per heavy atom. The van der Waals surface area contributed by atoms with Crippen molar-refractivity contribution >= 4 is 78.5 Å². The van der Waals surface area contributed by atoms with Crippen LogP contribution in [-0.2, 0) is 0 Å². The Morgan fingerprint density at radius 1 is 0.448 bits per heavy atom. The minimum Gasteiger partial charge on any atom is -0.310 e. The van der Waals surface area contributed by atoms with Gasteiger partial charge in [0, 0.05) is 33.2 Å². The summed E-state index contributed by atoms with van der Waals surface area (Å²) in [5, 5.41) is 19.3. The summed E-state index contributed by atoms with van der Waals surface area (Å²) in [6.07, 6.45) is 0. The normalized spacial score (nSPS) is 11.5. The van der Waals surface area contributed by atoms with Crippen LogP contribution in [0.3, 0.4) is 0 Å². The molecule has 274 valence electrons. The Kier molecular flexibility index (Phi) is 8.75. The third kappa shape index (κ3) is 5.78. The Balaban J connectivity index is 1.29. The maximum absolute atomic E-state index is 14.4. The number of benzene rings is 9. The van der Waals surface area contributed by atoms with Gasteiger partial charge in [-0.2, -0.15) is 5.26 Å². The van der Waals surface area contributed by atoms with Crippen LogP contribution in [0.15, 0.2) is 218 Å². The molecule has 3 nitrogen and oxygen atoms in total. The molecule has 0 aliphatic heterocycles. The van der Waals surface area contributed by atoms with E-state index in [0.29, 0.717) is 5.56 Å². The van der Waals surface area contributed by atoms with Crippen molar-refractivity contribution in [1.29, 1.82) is 5.26 Å². The fourth-order valence-corrected chi connectivity index (χ4v) is 13.6. The van der Waals surface area contributed by atoms with Gasteiger partial charge in [0.25, 0.3) is 0 Å². The molecule has 58 heavy (non-hydrogen) atoms. The standard InChI is InChI=1S/C53H36FN3Si/c54-40-25-29-42(30-26-40)57-52-33-31-43(56(41-27-23-38(37-55)24-28-41)51-22-12-14-39-13-10-11-21-48(39)51)35-49(52)50-36-47(32-34-53(50)57)58(44-15-4-1-5-16-44,45-17-6-2-7-18-45)46-19-8-3-9-20-46/h1-36H. The second kappa shape index (κ2) is 14.5. The van der Waals surface area contributed by atoms with Gasteiger partial charge in [-0.15, -0.1) is 0 Å². The lowest BCUT2D eigenvalue weighted by Gasteiger charge is -2.34. The predicted molar refractivity (Wildman–Crippen MR) is 241 cm³/mol. The van der Waals surface area contributed by atoms with Gasteiger partial charge in [0.2, 0.25) is 0 Å². The lowest BCUT2D eigenvalue weighted by Crippen LogP contribution is -2.74. The number of halogens is 1. The molecule has 1 heterocycles. The summed E-state index contributed by atoms with van der Waals surface area (Å²) in [7, 11) is -2.86. The van der Waals surface area contributed by atoms with Gasteiger partial charge in [-0.05, 0) is 105 Å². The van der Waals surface area contributed by atoms with Gasteiger partial charge in [-0.3, -0.25) is 0 Å². The number of rotatable bonds is 8. The molecule has 5 heteroatoms. The molecule has 0 saturated heterocycles. The minimum atomic E-state index is -2.86. The van der Waals surface area contributed by atoms with Crippen LogP contribution < -0.4 is 25.6 Å². The molecule has 0 N–H and O–H groups in total. The number of fused-ring (bicyclic) bond motifs is 4. The summed E-state index contributed by atoms with van der Waals surface area (Å²) in [4.78, 5) is 2.28. The lowest BCUT2D eigenvalue weighted by atomic mass is 10.1. The zero-order chi connectivity index (χ0) is 39.1. The average molecular weight is 762 g/mol. The molecule has 0 spiro atoms. The topological polar surface area (TPSA) is 32.0 Å². The quantitative estimate of drug-likeness (QED) is 0.114. The summed E-state index contributed by atoms with van der Waals surface area (Å²) < 4.78 is 16.7. The van der Waals surface area contributed by atoms with Gasteiger partial charge < -0.3 is 9.47 Å². The predicted octanol–water partition coefficient (Wildman–Crippen LogP) is 10.8. The van der Waals surface area contributed by atoms with Crippen molar-refractivity contribution in [1.82, 2.24) is 4.57 Å². The van der Waals surface area contributed by atoms with Crippen LogP contribution in [0.4, 0.5) is 21.5 Å². The van der Waals surface area contributed by atoms with E-state index in [-0.39, 0.29) is 5.82 Å². The third-order valence-corrected chi connectivity index (χ3v) is 16.2. The molecule has 0 bridgehead atoms. The number of nitrogens with zero attached hydrogens (tertiary/aromatic N) is 3. The van der Waals surface area contributed by atoms with Crippen LogP contribution in [0.5, 0.6) is 0 Å². The van der Waals surface area contributed by atoms with Crippen molar-refractivity contribution < 1.29 is 4.39 Å². The van der Waals surface area contributed by atoms with Crippen molar-refractivity contribution in [2.45, 2.75) is 0 Å². The minimum absolute atomic E-state index is 0.272. The van der Waals surface area contributed by atoms with Gasteiger partial charge >= 0.3 is 0 Å². The van der Waals surface area contributed by atoms with Gasteiger partial charge in [0.05, 0.1) is 28.4 Å². The number of hydrogen-bond donors (Lipinski definition) is 0. The molecule has 0 saturated carbocycles. The summed E-state index contributed by atoms with van der Waals surface area (Å²) >= 11 is 0. The van der Waals surface area contributed by atoms with Crippen molar-refractivity contribution in [3.63, 3.8) is 0 Å². The van der Waals surface area contributed by atoms with E-state index in [9.17, 15) is 9.65 Å². The number of nitriles is 1. The van der Waals surface area contributed by atoms with Gasteiger partial charge in [0.15, 0.2) is 8.07 Å². The molecule has 0 aliphatic carbocycles. The SMILES string of the molecule is N#Cc1ccc(N(c2ccc3c(c2)c2cc([Si](c4ccccc4)(c4ccccc4)c4ccccc4)ccc2n3-c2ccc(F)cc2)c2cccc3ccccc23)cc1. The van der Waals surface area contributed by atoms with Crippen molar-refractivity contribution in [3.8, 4) is 11.8 Å². The van der Waals surface area contributed by atoms with Crippen molar-refractivity contribution in [2.24, 2.45) is 0 Å². The smallest absolute Gasteiger partial charge is 0.179 e.